The summed E-state index contributed by atoms with van der Waals surface area (Å²) in [6.45, 7) is 4.83. The number of carbonyl (C=O) groups is 2. The highest BCUT2D eigenvalue weighted by atomic mass is 35.5. The zero-order valence-electron chi connectivity index (χ0n) is 17.9. The summed E-state index contributed by atoms with van der Waals surface area (Å²) >= 11 is 6.18. The highest BCUT2D eigenvalue weighted by Gasteiger charge is 2.43. The molecule has 31 heavy (non-hydrogen) atoms. The summed E-state index contributed by atoms with van der Waals surface area (Å²) < 4.78 is 1.49. The van der Waals surface area contributed by atoms with Crippen LogP contribution in [0.5, 0.6) is 5.75 Å². The molecule has 1 saturated heterocycles. The average Bonchev–Trinajstić information content (AvgIpc) is 3.13. The topological polar surface area (TPSA) is 86.1 Å². The second-order valence-corrected chi connectivity index (χ2v) is 8.87. The number of amides is 2. The Hall–Kier alpha value is -3.00. The van der Waals surface area contributed by atoms with E-state index in [0.717, 1.165) is 17.5 Å². The summed E-state index contributed by atoms with van der Waals surface area (Å²) in [6, 6.07) is 5.45. The van der Waals surface area contributed by atoms with Crippen LogP contribution in [0.1, 0.15) is 45.3 Å². The first kappa shape index (κ1) is 21.2. The molecule has 2 atom stereocenters. The highest BCUT2D eigenvalue weighted by molar-refractivity contribution is 6.31. The smallest absolute Gasteiger partial charge is 0.277 e. The fraction of sp³-hybridized carbons (Fsp3) is 0.409. The predicted molar refractivity (Wildman–Crippen MR) is 117 cm³/mol. The molecule has 2 aliphatic rings. The van der Waals surface area contributed by atoms with Gasteiger partial charge in [-0.25, -0.2) is 0 Å². The maximum Gasteiger partial charge on any atom is 0.277 e. The first-order valence-corrected chi connectivity index (χ1v) is 10.5. The third-order valence-corrected chi connectivity index (χ3v) is 6.64. The summed E-state index contributed by atoms with van der Waals surface area (Å²) in [7, 11) is 3.24. The van der Waals surface area contributed by atoms with Crippen molar-refractivity contribution in [2.75, 3.05) is 25.6 Å². The average molecular weight is 445 g/mol. The standard InChI is InChI=1S/C22H25ClN4O4/c1-12-8-17-25(4)22(31)18-20(29)19(28)15(11-27(18)26(17)9-12)21(30)24(3)10-14-6-5-7-16(23)13(14)2/h5-7,11-12,17,29H,8-10H2,1-4H3/t12-,17-/m0/s1. The Morgan fingerprint density at radius 3 is 2.74 bits per heavy atom. The van der Waals surface area contributed by atoms with Crippen LogP contribution in [-0.4, -0.2) is 58.2 Å². The van der Waals surface area contributed by atoms with E-state index < -0.39 is 23.0 Å². The molecule has 9 heteroatoms. The van der Waals surface area contributed by atoms with Gasteiger partial charge < -0.3 is 14.9 Å². The van der Waals surface area contributed by atoms with Crippen molar-refractivity contribution in [2.24, 2.45) is 5.92 Å². The molecule has 2 aromatic rings. The van der Waals surface area contributed by atoms with Crippen LogP contribution in [0.15, 0.2) is 29.2 Å². The van der Waals surface area contributed by atoms with E-state index in [2.05, 4.69) is 6.92 Å². The number of nitrogens with zero attached hydrogens (tertiary/aromatic N) is 4. The van der Waals surface area contributed by atoms with Crippen LogP contribution in [0.25, 0.3) is 0 Å². The molecule has 2 amide bonds. The molecule has 0 unspecified atom stereocenters. The molecule has 1 aromatic carbocycles. The monoisotopic (exact) mass is 444 g/mol. The van der Waals surface area contributed by atoms with E-state index in [0.29, 0.717) is 17.5 Å². The number of benzene rings is 1. The molecule has 0 radical (unpaired) electrons. The Kier molecular flexibility index (Phi) is 5.21. The molecule has 2 aliphatic heterocycles. The van der Waals surface area contributed by atoms with Crippen molar-refractivity contribution in [3.05, 3.63) is 62.0 Å². The van der Waals surface area contributed by atoms with Crippen LogP contribution in [0.2, 0.25) is 5.02 Å². The van der Waals surface area contributed by atoms with Crippen molar-refractivity contribution in [2.45, 2.75) is 33.0 Å². The quantitative estimate of drug-likeness (QED) is 0.784. The zero-order chi connectivity index (χ0) is 22.6. The van der Waals surface area contributed by atoms with E-state index in [1.807, 2.05) is 18.0 Å². The second kappa shape index (κ2) is 7.60. The van der Waals surface area contributed by atoms with Gasteiger partial charge in [0, 0.05) is 38.4 Å². The number of fused-ring (bicyclic) bond motifs is 3. The Labute approximate surface area is 185 Å². The highest BCUT2D eigenvalue weighted by Crippen LogP contribution is 2.31. The van der Waals surface area contributed by atoms with Crippen molar-refractivity contribution >= 4 is 23.4 Å². The van der Waals surface area contributed by atoms with E-state index >= 15 is 0 Å². The third kappa shape index (κ3) is 3.35. The van der Waals surface area contributed by atoms with Gasteiger partial charge in [0.05, 0.1) is 0 Å². The van der Waals surface area contributed by atoms with Crippen molar-refractivity contribution in [3.63, 3.8) is 0 Å². The van der Waals surface area contributed by atoms with Gasteiger partial charge in [-0.2, -0.15) is 0 Å². The predicted octanol–water partition coefficient (Wildman–Crippen LogP) is 2.18. The van der Waals surface area contributed by atoms with Crippen molar-refractivity contribution < 1.29 is 14.7 Å². The number of hydrogen-bond donors (Lipinski definition) is 1. The lowest BCUT2D eigenvalue weighted by atomic mass is 10.1. The number of rotatable bonds is 3. The Morgan fingerprint density at radius 1 is 1.32 bits per heavy atom. The Bertz CT molecular complexity index is 1150. The van der Waals surface area contributed by atoms with Gasteiger partial charge in [-0.3, -0.25) is 24.1 Å². The fourth-order valence-corrected chi connectivity index (χ4v) is 4.58. The fourth-order valence-electron chi connectivity index (χ4n) is 4.39. The van der Waals surface area contributed by atoms with Crippen LogP contribution >= 0.6 is 11.6 Å². The number of aromatic hydroxyl groups is 1. The molecule has 0 aliphatic carbocycles. The molecule has 1 N–H and O–H groups in total. The molecule has 164 valence electrons. The molecule has 3 heterocycles. The van der Waals surface area contributed by atoms with Crippen molar-refractivity contribution in [1.82, 2.24) is 14.5 Å². The van der Waals surface area contributed by atoms with E-state index in [1.54, 1.807) is 26.2 Å². The number of pyridine rings is 1. The van der Waals surface area contributed by atoms with Crippen LogP contribution in [0, 0.1) is 12.8 Å². The zero-order valence-corrected chi connectivity index (χ0v) is 18.7. The molecule has 8 nitrogen and oxygen atoms in total. The maximum absolute atomic E-state index is 13.2. The summed E-state index contributed by atoms with van der Waals surface area (Å²) in [5.41, 5.74) is 0.576. The van der Waals surface area contributed by atoms with Gasteiger partial charge in [-0.15, -0.1) is 0 Å². The lowest BCUT2D eigenvalue weighted by molar-refractivity contribution is 0.0650. The molecule has 0 bridgehead atoms. The normalized spacial score (nSPS) is 20.0. The van der Waals surface area contributed by atoms with Gasteiger partial charge in [0.2, 0.25) is 5.43 Å². The minimum atomic E-state index is -0.849. The van der Waals surface area contributed by atoms with Crippen molar-refractivity contribution in [1.29, 1.82) is 0 Å². The first-order chi connectivity index (χ1) is 14.6. The summed E-state index contributed by atoms with van der Waals surface area (Å²) in [5, 5.41) is 13.1. The summed E-state index contributed by atoms with van der Waals surface area (Å²) in [6.07, 6.45) is 1.97. The first-order valence-electron chi connectivity index (χ1n) is 10.1. The molecule has 1 aromatic heterocycles. The molecule has 4 rings (SSSR count). The number of aromatic nitrogens is 1. The van der Waals surface area contributed by atoms with E-state index in [-0.39, 0.29) is 24.0 Å². The minimum Gasteiger partial charge on any atom is -0.502 e. The van der Waals surface area contributed by atoms with Gasteiger partial charge in [-0.05, 0) is 36.5 Å². The second-order valence-electron chi connectivity index (χ2n) is 8.46. The van der Waals surface area contributed by atoms with E-state index in [9.17, 15) is 19.5 Å². The number of halogens is 1. The van der Waals surface area contributed by atoms with Gasteiger partial charge in [-0.1, -0.05) is 30.7 Å². The van der Waals surface area contributed by atoms with Crippen LogP contribution in [0.4, 0.5) is 0 Å². The van der Waals surface area contributed by atoms with Gasteiger partial charge in [0.25, 0.3) is 11.8 Å². The van der Waals surface area contributed by atoms with Gasteiger partial charge in [0.1, 0.15) is 11.7 Å². The van der Waals surface area contributed by atoms with Crippen LogP contribution in [-0.2, 0) is 6.54 Å². The van der Waals surface area contributed by atoms with E-state index in [4.69, 9.17) is 11.6 Å². The Morgan fingerprint density at radius 2 is 2.03 bits per heavy atom. The molecule has 1 fully saturated rings. The summed E-state index contributed by atoms with van der Waals surface area (Å²) in [4.78, 5) is 41.8. The molecular weight excluding hydrogens is 420 g/mol. The Balaban J connectivity index is 1.74. The lowest BCUT2D eigenvalue weighted by Crippen LogP contribution is -2.57. The van der Waals surface area contributed by atoms with Crippen LogP contribution < -0.4 is 10.4 Å². The van der Waals surface area contributed by atoms with Crippen LogP contribution in [0.3, 0.4) is 0 Å². The van der Waals surface area contributed by atoms with E-state index in [1.165, 1.54) is 20.7 Å². The van der Waals surface area contributed by atoms with Gasteiger partial charge >= 0.3 is 0 Å². The minimum absolute atomic E-state index is 0.109. The number of carbonyl (C=O) groups excluding carboxylic acids is 2. The maximum atomic E-state index is 13.2. The molecule has 0 saturated carbocycles. The number of hydrogen-bond acceptors (Lipinski definition) is 5. The van der Waals surface area contributed by atoms with Gasteiger partial charge in [0.15, 0.2) is 11.4 Å². The molecule has 0 spiro atoms. The molecular formula is C22H25ClN4O4. The SMILES string of the molecule is Cc1c(Cl)cccc1CN(C)C(=O)c1cn2c(c(O)c1=O)C(=O)N(C)[C@@H]1C[C@H](C)CN12. The third-order valence-electron chi connectivity index (χ3n) is 6.23. The lowest BCUT2D eigenvalue weighted by Gasteiger charge is -2.41. The van der Waals surface area contributed by atoms with Crippen molar-refractivity contribution in [3.8, 4) is 5.75 Å². The summed E-state index contributed by atoms with van der Waals surface area (Å²) in [5.74, 6) is -1.36. The largest absolute Gasteiger partial charge is 0.502 e.